The first-order valence-electron chi connectivity index (χ1n) is 9.37. The number of aliphatic hydroxyl groups excluding tert-OH is 1. The van der Waals surface area contributed by atoms with Crippen LogP contribution in [0.15, 0.2) is 0 Å². The smallest absolute Gasteiger partial charge is 0.190 e. The highest BCUT2D eigenvalue weighted by molar-refractivity contribution is 4.98. The number of fused-ring (bicyclic) bond motifs is 1. The molecule has 3 aliphatic rings. The molecule has 146 valence electrons. The van der Waals surface area contributed by atoms with Gasteiger partial charge in [0.05, 0.1) is 6.61 Å². The molecule has 0 bridgehead atoms. The van der Waals surface area contributed by atoms with Gasteiger partial charge in [-0.2, -0.15) is 0 Å². The molecule has 3 heterocycles. The van der Waals surface area contributed by atoms with Crippen LogP contribution < -0.4 is 0 Å². The van der Waals surface area contributed by atoms with E-state index in [0.717, 1.165) is 25.7 Å². The van der Waals surface area contributed by atoms with Crippen LogP contribution in [-0.4, -0.2) is 67.2 Å². The Bertz CT molecular complexity index is 439. The summed E-state index contributed by atoms with van der Waals surface area (Å²) < 4.78 is 35.8. The third kappa shape index (κ3) is 4.71. The molecule has 3 rings (SSSR count). The molecule has 5 atom stereocenters. The van der Waals surface area contributed by atoms with Crippen molar-refractivity contribution in [2.24, 2.45) is 0 Å². The van der Waals surface area contributed by atoms with Gasteiger partial charge in [0, 0.05) is 13.2 Å². The summed E-state index contributed by atoms with van der Waals surface area (Å²) in [5.41, 5.74) is 0. The largest absolute Gasteiger partial charge is 0.396 e. The van der Waals surface area contributed by atoms with Crippen molar-refractivity contribution < 1.29 is 33.5 Å². The van der Waals surface area contributed by atoms with Gasteiger partial charge in [0.25, 0.3) is 0 Å². The fourth-order valence-electron chi connectivity index (χ4n) is 3.66. The van der Waals surface area contributed by atoms with Gasteiger partial charge in [0.1, 0.15) is 24.4 Å². The van der Waals surface area contributed by atoms with Gasteiger partial charge in [-0.1, -0.05) is 12.8 Å². The Kier molecular flexibility index (Phi) is 6.05. The Balaban J connectivity index is 1.57. The van der Waals surface area contributed by atoms with Crippen LogP contribution >= 0.6 is 0 Å². The van der Waals surface area contributed by atoms with Crippen molar-refractivity contribution in [1.82, 2.24) is 0 Å². The van der Waals surface area contributed by atoms with Crippen LogP contribution in [0.5, 0.6) is 0 Å². The predicted octanol–water partition coefficient (Wildman–Crippen LogP) is 1.95. The molecule has 3 aliphatic heterocycles. The summed E-state index contributed by atoms with van der Waals surface area (Å²) in [5.74, 6) is -1.28. The minimum absolute atomic E-state index is 0.199. The third-order valence-electron chi connectivity index (χ3n) is 4.79. The number of rotatable bonds is 8. The summed E-state index contributed by atoms with van der Waals surface area (Å²) in [6.45, 7) is 8.91. The Morgan fingerprint density at radius 2 is 1.68 bits per heavy atom. The molecule has 0 aromatic rings. The maximum atomic E-state index is 8.84. The van der Waals surface area contributed by atoms with E-state index in [1.165, 1.54) is 0 Å². The number of ether oxygens (including phenoxy) is 6. The summed E-state index contributed by atoms with van der Waals surface area (Å²) in [6, 6.07) is 0. The van der Waals surface area contributed by atoms with Gasteiger partial charge >= 0.3 is 0 Å². The average Bonchev–Trinajstić information content (AvgIpc) is 3.13. The van der Waals surface area contributed by atoms with Crippen molar-refractivity contribution >= 4 is 0 Å². The number of hydrogen-bond donors (Lipinski definition) is 1. The molecule has 3 fully saturated rings. The average molecular weight is 360 g/mol. The Morgan fingerprint density at radius 3 is 2.36 bits per heavy atom. The van der Waals surface area contributed by atoms with Gasteiger partial charge in [0.15, 0.2) is 17.9 Å². The van der Waals surface area contributed by atoms with Crippen molar-refractivity contribution in [1.29, 1.82) is 0 Å². The first-order chi connectivity index (χ1) is 11.8. The van der Waals surface area contributed by atoms with Crippen molar-refractivity contribution in [3.63, 3.8) is 0 Å². The molecule has 0 radical (unpaired) electrons. The molecule has 1 N–H and O–H groups in total. The Hall–Kier alpha value is -0.280. The van der Waals surface area contributed by atoms with Crippen LogP contribution in [0.3, 0.4) is 0 Å². The number of aliphatic hydroxyl groups is 1. The fourth-order valence-corrected chi connectivity index (χ4v) is 3.66. The van der Waals surface area contributed by atoms with E-state index in [1.54, 1.807) is 0 Å². The minimum atomic E-state index is -0.671. The molecule has 0 aromatic carbocycles. The molecule has 25 heavy (non-hydrogen) atoms. The lowest BCUT2D eigenvalue weighted by atomic mass is 10.1. The van der Waals surface area contributed by atoms with E-state index in [-0.39, 0.29) is 31.0 Å². The van der Waals surface area contributed by atoms with Crippen LogP contribution in [-0.2, 0) is 28.4 Å². The van der Waals surface area contributed by atoms with Crippen LogP contribution in [0.2, 0.25) is 0 Å². The van der Waals surface area contributed by atoms with Crippen molar-refractivity contribution in [2.75, 3.05) is 19.8 Å². The molecular formula is C18H32O7. The summed E-state index contributed by atoms with van der Waals surface area (Å²) >= 11 is 0. The Labute approximate surface area is 149 Å². The minimum Gasteiger partial charge on any atom is -0.396 e. The van der Waals surface area contributed by atoms with E-state index in [2.05, 4.69) is 0 Å². The van der Waals surface area contributed by atoms with E-state index in [4.69, 9.17) is 33.5 Å². The molecule has 7 heteroatoms. The van der Waals surface area contributed by atoms with Crippen LogP contribution in [0.25, 0.3) is 0 Å². The van der Waals surface area contributed by atoms with Crippen LogP contribution in [0.4, 0.5) is 0 Å². The monoisotopic (exact) mass is 360 g/mol. The zero-order valence-corrected chi connectivity index (χ0v) is 15.7. The lowest BCUT2D eigenvalue weighted by Crippen LogP contribution is -2.44. The maximum absolute atomic E-state index is 8.84. The van der Waals surface area contributed by atoms with E-state index in [9.17, 15) is 0 Å². The summed E-state index contributed by atoms with van der Waals surface area (Å²) in [4.78, 5) is 0. The van der Waals surface area contributed by atoms with Crippen molar-refractivity contribution in [3.05, 3.63) is 0 Å². The van der Waals surface area contributed by atoms with Crippen LogP contribution in [0.1, 0.15) is 53.4 Å². The first-order valence-corrected chi connectivity index (χ1v) is 9.37. The summed E-state index contributed by atoms with van der Waals surface area (Å²) in [6.07, 6.45) is 2.42. The van der Waals surface area contributed by atoms with Gasteiger partial charge in [0.2, 0.25) is 0 Å². The summed E-state index contributed by atoms with van der Waals surface area (Å²) in [7, 11) is 0. The molecular weight excluding hydrogens is 328 g/mol. The Morgan fingerprint density at radius 1 is 0.920 bits per heavy atom. The van der Waals surface area contributed by atoms with E-state index >= 15 is 0 Å². The molecule has 0 aromatic heterocycles. The zero-order chi connectivity index (χ0) is 18.1. The number of unbranched alkanes of at least 4 members (excludes halogenated alkanes) is 3. The third-order valence-corrected chi connectivity index (χ3v) is 4.79. The molecule has 5 unspecified atom stereocenters. The normalized spacial score (nSPS) is 39.0. The van der Waals surface area contributed by atoms with Gasteiger partial charge in [-0.25, -0.2) is 0 Å². The second kappa shape index (κ2) is 7.76. The highest BCUT2D eigenvalue weighted by atomic mass is 16.8. The first kappa shape index (κ1) is 19.5. The quantitative estimate of drug-likeness (QED) is 0.663. The topological polar surface area (TPSA) is 75.6 Å². The highest BCUT2D eigenvalue weighted by Crippen LogP contribution is 2.41. The SMILES string of the molecule is CC1(C)OCC(C2OC3OC(C)(C)OC3C2OCCCCCCO)O1. The maximum Gasteiger partial charge on any atom is 0.190 e. The number of hydrogen-bond acceptors (Lipinski definition) is 7. The summed E-state index contributed by atoms with van der Waals surface area (Å²) in [5, 5.41) is 8.84. The highest BCUT2D eigenvalue weighted by Gasteiger charge is 2.58. The van der Waals surface area contributed by atoms with Gasteiger partial charge in [-0.3, -0.25) is 0 Å². The second-order valence-electron chi connectivity index (χ2n) is 7.91. The molecule has 3 saturated heterocycles. The molecule has 0 amide bonds. The zero-order valence-electron chi connectivity index (χ0n) is 15.7. The second-order valence-corrected chi connectivity index (χ2v) is 7.91. The lowest BCUT2D eigenvalue weighted by molar-refractivity contribution is -0.236. The van der Waals surface area contributed by atoms with Crippen molar-refractivity contribution in [3.8, 4) is 0 Å². The van der Waals surface area contributed by atoms with Gasteiger partial charge in [-0.15, -0.1) is 0 Å². The van der Waals surface area contributed by atoms with Gasteiger partial charge < -0.3 is 33.5 Å². The fraction of sp³-hybridized carbons (Fsp3) is 1.00. The molecule has 0 aliphatic carbocycles. The standard InChI is InChI=1S/C18H32O7/c1-17(2)21-11-12(23-17)13-14(20-10-8-6-5-7-9-19)15-16(22-13)25-18(3,4)24-15/h12-16,19H,5-11H2,1-4H3. The van der Waals surface area contributed by atoms with Crippen molar-refractivity contribution in [2.45, 2.75) is 95.7 Å². The molecule has 0 spiro atoms. The lowest BCUT2D eigenvalue weighted by Gasteiger charge is -2.29. The van der Waals surface area contributed by atoms with Crippen LogP contribution in [0, 0.1) is 0 Å². The predicted molar refractivity (Wildman–Crippen MR) is 88.9 cm³/mol. The van der Waals surface area contributed by atoms with E-state index in [0.29, 0.717) is 13.2 Å². The van der Waals surface area contributed by atoms with Gasteiger partial charge in [-0.05, 0) is 40.5 Å². The molecule has 7 nitrogen and oxygen atoms in total. The van der Waals surface area contributed by atoms with E-state index in [1.807, 2.05) is 27.7 Å². The molecule has 0 saturated carbocycles. The van der Waals surface area contributed by atoms with E-state index < -0.39 is 17.9 Å².